The minimum atomic E-state index is -0.283. The quantitative estimate of drug-likeness (QED) is 0.685. The molecule has 0 unspecified atom stereocenters. The molecule has 1 rings (SSSR count). The van der Waals surface area contributed by atoms with Crippen molar-refractivity contribution < 1.29 is 9.53 Å². The van der Waals surface area contributed by atoms with Gasteiger partial charge in [0.15, 0.2) is 0 Å². The maximum absolute atomic E-state index is 11.6. The highest BCUT2D eigenvalue weighted by molar-refractivity contribution is 5.82. The van der Waals surface area contributed by atoms with Crippen LogP contribution in [0.4, 0.5) is 0 Å². The van der Waals surface area contributed by atoms with Crippen molar-refractivity contribution in [1.29, 1.82) is 0 Å². The average molecular weight is 200 g/mol. The Bertz CT molecular complexity index is 198. The lowest BCUT2D eigenvalue weighted by atomic mass is 10.1. The molecule has 4 nitrogen and oxygen atoms in total. The summed E-state index contributed by atoms with van der Waals surface area (Å²) in [5.74, 6) is 0.0904. The third-order valence-corrected chi connectivity index (χ3v) is 2.62. The number of amides is 1. The van der Waals surface area contributed by atoms with E-state index in [0.29, 0.717) is 6.54 Å². The molecule has 82 valence electrons. The molecule has 1 atom stereocenters. The molecular formula is C10H20N2O2. The Morgan fingerprint density at radius 3 is 2.86 bits per heavy atom. The number of carbonyl (C=O) groups is 1. The molecule has 2 N–H and O–H groups in total. The monoisotopic (exact) mass is 200 g/mol. The summed E-state index contributed by atoms with van der Waals surface area (Å²) < 4.78 is 5.22. The zero-order valence-electron chi connectivity index (χ0n) is 9.22. The highest BCUT2D eigenvalue weighted by Crippen LogP contribution is 2.07. The SMILES string of the molecule is COC(C)(C)CNC(=O)[C@H]1CCCN1. The molecule has 0 saturated carbocycles. The van der Waals surface area contributed by atoms with Gasteiger partial charge in [-0.15, -0.1) is 0 Å². The Balaban J connectivity index is 2.27. The second-order valence-corrected chi connectivity index (χ2v) is 4.33. The lowest BCUT2D eigenvalue weighted by Gasteiger charge is -2.24. The molecule has 1 fully saturated rings. The van der Waals surface area contributed by atoms with Crippen molar-refractivity contribution >= 4 is 5.91 Å². The first-order valence-corrected chi connectivity index (χ1v) is 5.11. The molecule has 1 heterocycles. The van der Waals surface area contributed by atoms with Gasteiger partial charge in [-0.05, 0) is 33.2 Å². The second kappa shape index (κ2) is 4.75. The molecule has 0 aromatic rings. The van der Waals surface area contributed by atoms with Crippen molar-refractivity contribution in [3.05, 3.63) is 0 Å². The van der Waals surface area contributed by atoms with Gasteiger partial charge in [0, 0.05) is 13.7 Å². The summed E-state index contributed by atoms with van der Waals surface area (Å²) in [6, 6.07) is 0.00246. The molecule has 14 heavy (non-hydrogen) atoms. The minimum Gasteiger partial charge on any atom is -0.377 e. The minimum absolute atomic E-state index is 0.00246. The molecule has 0 spiro atoms. The molecule has 4 heteroatoms. The van der Waals surface area contributed by atoms with Gasteiger partial charge >= 0.3 is 0 Å². The van der Waals surface area contributed by atoms with E-state index in [9.17, 15) is 4.79 Å². The van der Waals surface area contributed by atoms with Crippen LogP contribution in [0.5, 0.6) is 0 Å². The van der Waals surface area contributed by atoms with Crippen molar-refractivity contribution in [2.24, 2.45) is 0 Å². The van der Waals surface area contributed by atoms with Crippen molar-refractivity contribution in [1.82, 2.24) is 10.6 Å². The molecule has 0 aliphatic carbocycles. The van der Waals surface area contributed by atoms with E-state index in [2.05, 4.69) is 10.6 Å². The van der Waals surface area contributed by atoms with Gasteiger partial charge in [-0.2, -0.15) is 0 Å². The van der Waals surface area contributed by atoms with Crippen LogP contribution in [0.15, 0.2) is 0 Å². The first-order valence-electron chi connectivity index (χ1n) is 5.11. The van der Waals surface area contributed by atoms with Crippen LogP contribution >= 0.6 is 0 Å². The molecular weight excluding hydrogens is 180 g/mol. The number of methoxy groups -OCH3 is 1. The van der Waals surface area contributed by atoms with Crippen LogP contribution in [0.2, 0.25) is 0 Å². The topological polar surface area (TPSA) is 50.4 Å². The third kappa shape index (κ3) is 3.27. The molecule has 0 aromatic heterocycles. The molecule has 1 amide bonds. The first-order chi connectivity index (χ1) is 6.55. The van der Waals surface area contributed by atoms with Crippen molar-refractivity contribution in [2.45, 2.75) is 38.3 Å². The molecule has 0 radical (unpaired) electrons. The summed E-state index contributed by atoms with van der Waals surface area (Å²) in [6.45, 7) is 5.41. The van der Waals surface area contributed by atoms with Gasteiger partial charge in [0.05, 0.1) is 11.6 Å². The molecule has 1 aliphatic rings. The standard InChI is InChI=1S/C10H20N2O2/c1-10(2,14-3)7-12-9(13)8-5-4-6-11-8/h8,11H,4-7H2,1-3H3,(H,12,13)/t8-/m1/s1. The Morgan fingerprint density at radius 1 is 1.64 bits per heavy atom. The smallest absolute Gasteiger partial charge is 0.237 e. The van der Waals surface area contributed by atoms with Gasteiger partial charge in [-0.3, -0.25) is 4.79 Å². The molecule has 1 saturated heterocycles. The normalized spacial score (nSPS) is 22.4. The van der Waals surface area contributed by atoms with Crippen molar-refractivity contribution in [2.75, 3.05) is 20.2 Å². The summed E-state index contributed by atoms with van der Waals surface area (Å²) in [5, 5.41) is 6.05. The molecule has 0 bridgehead atoms. The van der Waals surface area contributed by atoms with Crippen LogP contribution in [0.25, 0.3) is 0 Å². The highest BCUT2D eigenvalue weighted by Gasteiger charge is 2.24. The van der Waals surface area contributed by atoms with E-state index in [-0.39, 0.29) is 17.6 Å². The second-order valence-electron chi connectivity index (χ2n) is 4.33. The zero-order valence-corrected chi connectivity index (χ0v) is 9.22. The number of hydrogen-bond acceptors (Lipinski definition) is 3. The summed E-state index contributed by atoms with van der Waals surface area (Å²) in [4.78, 5) is 11.6. The molecule has 1 aliphatic heterocycles. The number of rotatable bonds is 4. The number of carbonyl (C=O) groups excluding carboxylic acids is 1. The third-order valence-electron chi connectivity index (χ3n) is 2.62. The molecule has 0 aromatic carbocycles. The van der Waals surface area contributed by atoms with E-state index in [1.807, 2.05) is 13.8 Å². The van der Waals surface area contributed by atoms with E-state index < -0.39 is 0 Å². The van der Waals surface area contributed by atoms with Gasteiger partial charge in [-0.25, -0.2) is 0 Å². The number of nitrogens with one attached hydrogen (secondary N) is 2. The van der Waals surface area contributed by atoms with E-state index in [0.717, 1.165) is 19.4 Å². The fourth-order valence-corrected chi connectivity index (χ4v) is 1.40. The van der Waals surface area contributed by atoms with E-state index in [1.165, 1.54) is 0 Å². The Kier molecular flexibility index (Phi) is 3.89. The van der Waals surface area contributed by atoms with Crippen LogP contribution in [0, 0.1) is 0 Å². The van der Waals surface area contributed by atoms with Crippen LogP contribution in [0.3, 0.4) is 0 Å². The van der Waals surface area contributed by atoms with Crippen molar-refractivity contribution in [3.8, 4) is 0 Å². The summed E-state index contributed by atoms with van der Waals surface area (Å²) >= 11 is 0. The first kappa shape index (κ1) is 11.5. The van der Waals surface area contributed by atoms with Crippen LogP contribution in [-0.4, -0.2) is 37.7 Å². The van der Waals surface area contributed by atoms with E-state index in [4.69, 9.17) is 4.74 Å². The van der Waals surface area contributed by atoms with E-state index in [1.54, 1.807) is 7.11 Å². The Morgan fingerprint density at radius 2 is 2.36 bits per heavy atom. The predicted molar refractivity (Wildman–Crippen MR) is 55.1 cm³/mol. The fourth-order valence-electron chi connectivity index (χ4n) is 1.40. The summed E-state index contributed by atoms with van der Waals surface area (Å²) in [7, 11) is 1.65. The Hall–Kier alpha value is -0.610. The van der Waals surface area contributed by atoms with Crippen molar-refractivity contribution in [3.63, 3.8) is 0 Å². The summed E-state index contributed by atoms with van der Waals surface area (Å²) in [5.41, 5.74) is -0.283. The maximum Gasteiger partial charge on any atom is 0.237 e. The number of hydrogen-bond donors (Lipinski definition) is 2. The van der Waals surface area contributed by atoms with Gasteiger partial charge in [-0.1, -0.05) is 0 Å². The van der Waals surface area contributed by atoms with Crippen LogP contribution < -0.4 is 10.6 Å². The van der Waals surface area contributed by atoms with Gasteiger partial charge in [0.25, 0.3) is 0 Å². The van der Waals surface area contributed by atoms with Gasteiger partial charge in [0.2, 0.25) is 5.91 Å². The average Bonchev–Trinajstić information content (AvgIpc) is 2.67. The lowest BCUT2D eigenvalue weighted by Crippen LogP contribution is -2.46. The van der Waals surface area contributed by atoms with Crippen LogP contribution in [-0.2, 0) is 9.53 Å². The fraction of sp³-hybridized carbons (Fsp3) is 0.900. The maximum atomic E-state index is 11.6. The predicted octanol–water partition coefficient (Wildman–Crippen LogP) is 0.280. The Labute approximate surface area is 85.4 Å². The van der Waals surface area contributed by atoms with Gasteiger partial charge < -0.3 is 15.4 Å². The van der Waals surface area contributed by atoms with E-state index >= 15 is 0 Å². The highest BCUT2D eigenvalue weighted by atomic mass is 16.5. The number of ether oxygens (including phenoxy) is 1. The van der Waals surface area contributed by atoms with Gasteiger partial charge in [0.1, 0.15) is 0 Å². The summed E-state index contributed by atoms with van der Waals surface area (Å²) in [6.07, 6.45) is 2.03. The van der Waals surface area contributed by atoms with Crippen LogP contribution in [0.1, 0.15) is 26.7 Å². The lowest BCUT2D eigenvalue weighted by molar-refractivity contribution is -0.124. The largest absolute Gasteiger partial charge is 0.377 e. The zero-order chi connectivity index (χ0) is 10.6.